The zero-order valence-electron chi connectivity index (χ0n) is 25.1. The van der Waals surface area contributed by atoms with Gasteiger partial charge in [0.2, 0.25) is 5.91 Å². The number of carbonyl (C=O) groups excluding carboxylic acids is 1. The predicted molar refractivity (Wildman–Crippen MR) is 157 cm³/mol. The molecule has 1 aliphatic rings. The van der Waals surface area contributed by atoms with E-state index in [2.05, 4.69) is 19.2 Å². The fourth-order valence-corrected chi connectivity index (χ4v) is 4.92. The molecule has 1 heterocycles. The maximum atomic E-state index is 12.5. The van der Waals surface area contributed by atoms with Crippen molar-refractivity contribution in [3.05, 3.63) is 12.2 Å². The van der Waals surface area contributed by atoms with Crippen LogP contribution >= 0.6 is 0 Å². The molecule has 0 spiro atoms. The van der Waals surface area contributed by atoms with E-state index in [1.165, 1.54) is 57.8 Å². The highest BCUT2D eigenvalue weighted by Gasteiger charge is 2.44. The van der Waals surface area contributed by atoms with Crippen molar-refractivity contribution >= 4 is 5.91 Å². The summed E-state index contributed by atoms with van der Waals surface area (Å²) in [5, 5.41) is 53.3. The van der Waals surface area contributed by atoms with Gasteiger partial charge in [-0.05, 0) is 19.3 Å². The lowest BCUT2D eigenvalue weighted by atomic mass is 9.99. The van der Waals surface area contributed by atoms with Gasteiger partial charge in [0.05, 0.1) is 25.4 Å². The summed E-state index contributed by atoms with van der Waals surface area (Å²) in [5.74, 6) is -0.198. The van der Waals surface area contributed by atoms with Crippen LogP contribution in [0, 0.1) is 0 Å². The van der Waals surface area contributed by atoms with Gasteiger partial charge in [-0.2, -0.15) is 0 Å². The number of hydrogen-bond donors (Lipinski definition) is 6. The number of carbonyl (C=O) groups is 1. The number of nitrogens with one attached hydrogen (secondary N) is 1. The normalized spacial score (nSPS) is 24.8. The van der Waals surface area contributed by atoms with Crippen LogP contribution in [0.4, 0.5) is 0 Å². The molecule has 6 N–H and O–H groups in total. The smallest absolute Gasteiger partial charge is 0.220 e. The quantitative estimate of drug-likeness (QED) is 0.0753. The number of ether oxygens (including phenoxy) is 2. The van der Waals surface area contributed by atoms with E-state index in [9.17, 15) is 30.3 Å². The number of unbranched alkanes of at least 4 members (excludes halogenated alkanes) is 14. The molecule has 1 saturated heterocycles. The zero-order valence-corrected chi connectivity index (χ0v) is 25.1. The van der Waals surface area contributed by atoms with Crippen LogP contribution in [0.1, 0.15) is 123 Å². The fraction of sp³-hybridized carbons (Fsp3) is 0.903. The molecule has 9 heteroatoms. The highest BCUT2D eigenvalue weighted by molar-refractivity contribution is 5.76. The lowest BCUT2D eigenvalue weighted by Gasteiger charge is -2.40. The second kappa shape index (κ2) is 23.5. The molecule has 1 aliphatic heterocycles. The number of allylic oxidation sites excluding steroid dienone is 1. The van der Waals surface area contributed by atoms with Gasteiger partial charge in [-0.1, -0.05) is 109 Å². The number of aliphatic hydroxyl groups is 5. The fourth-order valence-electron chi connectivity index (χ4n) is 4.92. The molecule has 1 rings (SSSR count). The lowest BCUT2D eigenvalue weighted by molar-refractivity contribution is -0.302. The summed E-state index contributed by atoms with van der Waals surface area (Å²) in [6, 6.07) is -0.792. The van der Waals surface area contributed by atoms with Gasteiger partial charge in [-0.3, -0.25) is 4.79 Å². The van der Waals surface area contributed by atoms with Gasteiger partial charge < -0.3 is 40.3 Å². The van der Waals surface area contributed by atoms with Crippen LogP contribution in [0.15, 0.2) is 12.2 Å². The van der Waals surface area contributed by atoms with E-state index in [-0.39, 0.29) is 12.5 Å². The number of rotatable bonds is 24. The molecule has 0 radical (unpaired) electrons. The molecular formula is C31H59NO8. The SMILES string of the molecule is CCCCCCCCCCCCC/C=C/[C@@H](O)[C@H](COC1OC(CO)C(O)C(O)C1O)NC(=O)CCCCCC. The predicted octanol–water partition coefficient (Wildman–Crippen LogP) is 3.88. The summed E-state index contributed by atoms with van der Waals surface area (Å²) < 4.78 is 11.0. The number of aliphatic hydroxyl groups excluding tert-OH is 5. The Morgan fingerprint density at radius 2 is 1.38 bits per heavy atom. The minimum absolute atomic E-state index is 0.187. The molecule has 0 saturated carbocycles. The van der Waals surface area contributed by atoms with E-state index < -0.39 is 49.5 Å². The minimum Gasteiger partial charge on any atom is -0.394 e. The van der Waals surface area contributed by atoms with Crippen molar-refractivity contribution in [1.82, 2.24) is 5.32 Å². The summed E-state index contributed by atoms with van der Waals surface area (Å²) in [5.41, 5.74) is 0. The van der Waals surface area contributed by atoms with Crippen LogP contribution in [-0.4, -0.2) is 87.5 Å². The van der Waals surface area contributed by atoms with Crippen LogP contribution < -0.4 is 5.32 Å². The molecule has 9 nitrogen and oxygen atoms in total. The van der Waals surface area contributed by atoms with E-state index in [1.54, 1.807) is 6.08 Å². The van der Waals surface area contributed by atoms with Crippen LogP contribution in [0.25, 0.3) is 0 Å². The standard InChI is InChI=1S/C31H59NO8/c1-3-5-7-9-10-11-12-13-14-15-16-17-18-20-25(34)24(32-27(35)21-19-8-6-4-2)23-39-31-30(38)29(37)28(36)26(22-33)40-31/h18,20,24-26,28-31,33-34,36-38H,3-17,19,21-23H2,1-2H3,(H,32,35)/b20-18+/t24-,25+,26?,28?,29?,30?,31?/m0/s1. The number of amides is 1. The Kier molecular flexibility index (Phi) is 21.7. The maximum Gasteiger partial charge on any atom is 0.220 e. The van der Waals surface area contributed by atoms with Crippen molar-refractivity contribution in [2.24, 2.45) is 0 Å². The first-order valence-electron chi connectivity index (χ1n) is 15.9. The van der Waals surface area contributed by atoms with Gasteiger partial charge in [-0.15, -0.1) is 0 Å². The first-order chi connectivity index (χ1) is 19.3. The third-order valence-corrected chi connectivity index (χ3v) is 7.61. The van der Waals surface area contributed by atoms with Crippen molar-refractivity contribution in [3.8, 4) is 0 Å². The molecule has 7 atom stereocenters. The monoisotopic (exact) mass is 573 g/mol. The molecule has 0 aliphatic carbocycles. The van der Waals surface area contributed by atoms with E-state index in [1.807, 2.05) is 6.08 Å². The second-order valence-corrected chi connectivity index (χ2v) is 11.3. The molecule has 5 unspecified atom stereocenters. The van der Waals surface area contributed by atoms with Gasteiger partial charge in [0.25, 0.3) is 0 Å². The van der Waals surface area contributed by atoms with Gasteiger partial charge in [0, 0.05) is 6.42 Å². The topological polar surface area (TPSA) is 149 Å². The van der Waals surface area contributed by atoms with Gasteiger partial charge in [-0.25, -0.2) is 0 Å². The van der Waals surface area contributed by atoms with Gasteiger partial charge in [0.15, 0.2) is 6.29 Å². The largest absolute Gasteiger partial charge is 0.394 e. The van der Waals surface area contributed by atoms with Gasteiger partial charge >= 0.3 is 0 Å². The Balaban J connectivity index is 2.49. The van der Waals surface area contributed by atoms with Crippen LogP contribution in [0.3, 0.4) is 0 Å². The molecular weight excluding hydrogens is 514 g/mol. The average Bonchev–Trinajstić information content (AvgIpc) is 2.95. The Morgan fingerprint density at radius 3 is 1.95 bits per heavy atom. The Hall–Kier alpha value is -1.07. The summed E-state index contributed by atoms with van der Waals surface area (Å²) in [6.45, 7) is 3.59. The van der Waals surface area contributed by atoms with Crippen molar-refractivity contribution in [3.63, 3.8) is 0 Å². The molecule has 1 amide bonds. The minimum atomic E-state index is -1.56. The average molecular weight is 574 g/mol. The molecule has 0 aromatic carbocycles. The van der Waals surface area contributed by atoms with Crippen LogP contribution in [0.2, 0.25) is 0 Å². The van der Waals surface area contributed by atoms with E-state index in [0.717, 1.165) is 44.9 Å². The van der Waals surface area contributed by atoms with E-state index in [0.29, 0.717) is 6.42 Å². The lowest BCUT2D eigenvalue weighted by Crippen LogP contribution is -2.60. The van der Waals surface area contributed by atoms with Gasteiger partial charge in [0.1, 0.15) is 24.4 Å². The van der Waals surface area contributed by atoms with Crippen molar-refractivity contribution in [1.29, 1.82) is 0 Å². The molecule has 0 aromatic heterocycles. The Morgan fingerprint density at radius 1 is 0.825 bits per heavy atom. The van der Waals surface area contributed by atoms with E-state index >= 15 is 0 Å². The molecule has 0 bridgehead atoms. The number of hydrogen-bond acceptors (Lipinski definition) is 8. The van der Waals surface area contributed by atoms with Crippen LogP contribution in [0.5, 0.6) is 0 Å². The maximum absolute atomic E-state index is 12.5. The molecule has 40 heavy (non-hydrogen) atoms. The van der Waals surface area contributed by atoms with Crippen molar-refractivity contribution in [2.75, 3.05) is 13.2 Å². The molecule has 0 aromatic rings. The summed E-state index contributed by atoms with van der Waals surface area (Å²) in [4.78, 5) is 12.5. The summed E-state index contributed by atoms with van der Waals surface area (Å²) >= 11 is 0. The molecule has 1 fully saturated rings. The highest BCUT2D eigenvalue weighted by Crippen LogP contribution is 2.22. The Bertz CT molecular complexity index is 647. The third-order valence-electron chi connectivity index (χ3n) is 7.61. The first kappa shape index (κ1) is 37.0. The first-order valence-corrected chi connectivity index (χ1v) is 15.9. The Labute approximate surface area is 242 Å². The van der Waals surface area contributed by atoms with E-state index in [4.69, 9.17) is 9.47 Å². The highest BCUT2D eigenvalue weighted by atomic mass is 16.7. The van der Waals surface area contributed by atoms with Crippen molar-refractivity contribution in [2.45, 2.75) is 166 Å². The summed E-state index contributed by atoms with van der Waals surface area (Å²) in [7, 11) is 0. The van der Waals surface area contributed by atoms with Crippen molar-refractivity contribution < 1.29 is 39.8 Å². The van der Waals surface area contributed by atoms with Crippen LogP contribution in [-0.2, 0) is 14.3 Å². The third kappa shape index (κ3) is 15.8. The summed E-state index contributed by atoms with van der Waals surface area (Å²) in [6.07, 6.45) is 14.6. The second-order valence-electron chi connectivity index (χ2n) is 11.3. The molecule has 236 valence electrons. The zero-order chi connectivity index (χ0) is 29.6.